The summed E-state index contributed by atoms with van der Waals surface area (Å²) in [6.45, 7) is 11.3. The van der Waals surface area contributed by atoms with Gasteiger partial charge in [0.05, 0.1) is 4.90 Å². The van der Waals surface area contributed by atoms with Crippen LogP contribution in [0.15, 0.2) is 32.9 Å². The van der Waals surface area contributed by atoms with Crippen molar-refractivity contribution in [3.05, 3.63) is 46.0 Å². The zero-order valence-electron chi connectivity index (χ0n) is 18.6. The van der Waals surface area contributed by atoms with Crippen molar-refractivity contribution < 1.29 is 27.4 Å². The Morgan fingerprint density at radius 3 is 2.13 bits per heavy atom. The largest absolute Gasteiger partial charge is 0.744 e. The summed E-state index contributed by atoms with van der Waals surface area (Å²) in [5.41, 5.74) is 4.70. The minimum Gasteiger partial charge on any atom is -0.744 e. The van der Waals surface area contributed by atoms with Crippen LogP contribution in [-0.4, -0.2) is 41.8 Å². The molecule has 1 saturated heterocycles. The first-order chi connectivity index (χ1) is 14.5. The molecular formula is C23H29NO5S2. The third-order valence-corrected chi connectivity index (χ3v) is 8.28. The van der Waals surface area contributed by atoms with E-state index < -0.39 is 10.1 Å². The molecular weight excluding hydrogens is 434 g/mol. The second kappa shape index (κ2) is 9.22. The average Bonchev–Trinajstić information content (AvgIpc) is 2.73. The molecule has 1 aliphatic rings. The van der Waals surface area contributed by atoms with Gasteiger partial charge >= 0.3 is 6.08 Å². The number of rotatable bonds is 4. The van der Waals surface area contributed by atoms with Crippen molar-refractivity contribution in [3.63, 3.8) is 0 Å². The molecule has 0 bridgehead atoms. The van der Waals surface area contributed by atoms with Crippen LogP contribution in [0.4, 0.5) is 0 Å². The summed E-state index contributed by atoms with van der Waals surface area (Å²) in [5, 5.41) is 10.5. The van der Waals surface area contributed by atoms with E-state index in [0.29, 0.717) is 5.75 Å². The number of nitrogens with zero attached hydrogens (tertiary/aromatic N) is 1. The highest BCUT2D eigenvalue weighted by Crippen LogP contribution is 2.42. The normalized spacial score (nSPS) is 14.6. The maximum atomic E-state index is 11.5. The highest BCUT2D eigenvalue weighted by molar-refractivity contribution is 7.99. The molecule has 1 aliphatic heterocycles. The van der Waals surface area contributed by atoms with Crippen LogP contribution in [0.2, 0.25) is 0 Å². The van der Waals surface area contributed by atoms with E-state index in [0.717, 1.165) is 63.5 Å². The third-order valence-electron chi connectivity index (χ3n) is 5.97. The summed E-state index contributed by atoms with van der Waals surface area (Å²) < 4.78 is 42.2. The van der Waals surface area contributed by atoms with Crippen LogP contribution < -0.4 is 4.74 Å². The number of piperidine rings is 1. The van der Waals surface area contributed by atoms with Gasteiger partial charge in [0.2, 0.25) is 0 Å². The first kappa shape index (κ1) is 23.6. The molecule has 0 aromatic heterocycles. The first-order valence-corrected chi connectivity index (χ1v) is 12.6. The lowest BCUT2D eigenvalue weighted by Gasteiger charge is -2.20. The number of hydrogen-bond acceptors (Lipinski definition) is 5. The molecule has 31 heavy (non-hydrogen) atoms. The van der Waals surface area contributed by atoms with Crippen molar-refractivity contribution >= 4 is 28.0 Å². The number of benzene rings is 2. The predicted molar refractivity (Wildman–Crippen MR) is 121 cm³/mol. The van der Waals surface area contributed by atoms with E-state index in [-0.39, 0.29) is 11.0 Å². The second-order valence-electron chi connectivity index (χ2n) is 8.07. The molecule has 0 unspecified atom stereocenters. The van der Waals surface area contributed by atoms with E-state index in [2.05, 4.69) is 0 Å². The Bertz CT molecular complexity index is 1120. The quantitative estimate of drug-likeness (QED) is 0.399. The standard InChI is InChI=1S/C23H29NO5S2/c1-14-9-10-19(31(26,27)28)13-20(14)30-22-17(4)15(2)21(16(3)18(22)5)29-23(25)24-11-7-6-8-12-24/h9-10,13H,6-8,11-12H2,1-5H3,(H,26,27,28). The van der Waals surface area contributed by atoms with Gasteiger partial charge in [-0.2, -0.15) is 4.58 Å². The fourth-order valence-electron chi connectivity index (χ4n) is 3.75. The van der Waals surface area contributed by atoms with Gasteiger partial charge in [-0.3, -0.25) is 0 Å². The molecule has 8 heteroatoms. The number of aryl methyl sites for hydroxylation is 1. The lowest BCUT2D eigenvalue weighted by Crippen LogP contribution is -2.30. The molecule has 1 N–H and O–H groups in total. The first-order valence-electron chi connectivity index (χ1n) is 10.3. The topological polar surface area (TPSA) is 89.7 Å². The number of ether oxygens (including phenoxy) is 1. The van der Waals surface area contributed by atoms with Crippen molar-refractivity contribution in [1.29, 1.82) is 0 Å². The minimum absolute atomic E-state index is 0.0608. The van der Waals surface area contributed by atoms with Crippen molar-refractivity contribution in [3.8, 4) is 5.75 Å². The summed E-state index contributed by atoms with van der Waals surface area (Å²) in [6.07, 6.45) is 3.18. The van der Waals surface area contributed by atoms with Crippen LogP contribution >= 0.6 is 11.8 Å². The van der Waals surface area contributed by atoms with Gasteiger partial charge in [0.1, 0.15) is 29.0 Å². The molecule has 0 saturated carbocycles. The van der Waals surface area contributed by atoms with Gasteiger partial charge in [0, 0.05) is 22.6 Å². The summed E-state index contributed by atoms with van der Waals surface area (Å²) in [5.74, 6) is 0.648. The molecule has 0 radical (unpaired) electrons. The minimum atomic E-state index is -4.52. The Morgan fingerprint density at radius 2 is 1.58 bits per heavy atom. The van der Waals surface area contributed by atoms with E-state index >= 15 is 0 Å². The zero-order valence-corrected chi connectivity index (χ0v) is 20.2. The molecule has 0 atom stereocenters. The van der Waals surface area contributed by atoms with Crippen molar-refractivity contribution in [2.45, 2.75) is 68.6 Å². The Morgan fingerprint density at radius 1 is 1.00 bits per heavy atom. The summed E-state index contributed by atoms with van der Waals surface area (Å²) >= 11 is 1.44. The van der Waals surface area contributed by atoms with Crippen molar-refractivity contribution in [2.75, 3.05) is 13.1 Å². The van der Waals surface area contributed by atoms with Gasteiger partial charge in [-0.25, -0.2) is 8.42 Å². The Kier molecular flexibility index (Phi) is 7.03. The molecule has 2 aromatic rings. The number of aliphatic hydroxyl groups is 1. The molecule has 0 amide bonds. The van der Waals surface area contributed by atoms with Crippen LogP contribution in [0.5, 0.6) is 5.75 Å². The van der Waals surface area contributed by atoms with Crippen LogP contribution in [-0.2, 0) is 10.1 Å². The van der Waals surface area contributed by atoms with Gasteiger partial charge in [-0.1, -0.05) is 17.8 Å². The predicted octanol–water partition coefficient (Wildman–Crippen LogP) is 4.77. The van der Waals surface area contributed by atoms with Gasteiger partial charge in [-0.15, -0.1) is 0 Å². The fraction of sp³-hybridized carbons (Fsp3) is 0.435. The lowest BCUT2D eigenvalue weighted by atomic mass is 10.00. The van der Waals surface area contributed by atoms with Gasteiger partial charge in [-0.05, 0) is 81.0 Å². The molecule has 1 heterocycles. The van der Waals surface area contributed by atoms with Gasteiger partial charge in [0.25, 0.3) is 0 Å². The summed E-state index contributed by atoms with van der Waals surface area (Å²) in [4.78, 5) is 1.48. The van der Waals surface area contributed by atoms with E-state index in [4.69, 9.17) is 4.74 Å². The molecule has 2 aromatic carbocycles. The van der Waals surface area contributed by atoms with Gasteiger partial charge in [0.15, 0.2) is 0 Å². The highest BCUT2D eigenvalue weighted by atomic mass is 32.2. The maximum absolute atomic E-state index is 11.5. The van der Waals surface area contributed by atoms with Crippen LogP contribution in [0.3, 0.4) is 0 Å². The Balaban J connectivity index is 2.01. The molecule has 1 fully saturated rings. The van der Waals surface area contributed by atoms with Crippen molar-refractivity contribution in [2.24, 2.45) is 0 Å². The van der Waals surface area contributed by atoms with E-state index in [1.807, 2.05) is 39.2 Å². The van der Waals surface area contributed by atoms with E-state index in [9.17, 15) is 18.1 Å². The zero-order chi connectivity index (χ0) is 22.9. The molecule has 3 rings (SSSR count). The summed E-state index contributed by atoms with van der Waals surface area (Å²) in [7, 11) is -4.52. The lowest BCUT2D eigenvalue weighted by molar-refractivity contribution is -0.551. The van der Waals surface area contributed by atoms with Crippen LogP contribution in [0.25, 0.3) is 0 Å². The number of hydrogen-bond donors (Lipinski definition) is 1. The van der Waals surface area contributed by atoms with E-state index in [1.165, 1.54) is 30.3 Å². The Hall–Kier alpha value is -2.03. The van der Waals surface area contributed by atoms with Crippen LogP contribution in [0.1, 0.15) is 47.1 Å². The van der Waals surface area contributed by atoms with Crippen molar-refractivity contribution in [1.82, 2.24) is 0 Å². The highest BCUT2D eigenvalue weighted by Gasteiger charge is 2.24. The summed E-state index contributed by atoms with van der Waals surface area (Å²) in [6, 6.07) is 4.43. The van der Waals surface area contributed by atoms with Gasteiger partial charge < -0.3 is 14.4 Å². The molecule has 0 spiro atoms. The average molecular weight is 464 g/mol. The number of aliphatic hydroxyl groups excluding tert-OH is 1. The SMILES string of the molecule is Cc1ccc(S(=O)(=O)[O-])cc1Sc1c(C)c(C)c(OC(O)=[N+]2CCCCC2)c(C)c1C. The Labute approximate surface area is 188 Å². The second-order valence-corrected chi connectivity index (χ2v) is 10.5. The monoisotopic (exact) mass is 463 g/mol. The fourth-order valence-corrected chi connectivity index (χ4v) is 5.57. The van der Waals surface area contributed by atoms with E-state index in [1.54, 1.807) is 6.07 Å². The third kappa shape index (κ3) is 5.07. The molecule has 0 aliphatic carbocycles. The maximum Gasteiger partial charge on any atom is 0.552 e. The molecule has 6 nitrogen and oxygen atoms in total. The van der Waals surface area contributed by atoms with Crippen LogP contribution in [0, 0.1) is 34.6 Å². The smallest absolute Gasteiger partial charge is 0.552 e. The molecule has 168 valence electrons.